The van der Waals surface area contributed by atoms with Crippen molar-refractivity contribution in [3.8, 4) is 5.75 Å². The third-order valence-electron chi connectivity index (χ3n) is 4.33. The predicted octanol–water partition coefficient (Wildman–Crippen LogP) is 2.92. The summed E-state index contributed by atoms with van der Waals surface area (Å²) in [5, 5.41) is 0.203. The summed E-state index contributed by atoms with van der Waals surface area (Å²) in [5.41, 5.74) is 7.07. The quantitative estimate of drug-likeness (QED) is 0.453. The number of carbonyl (C=O) groups excluding carboxylic acids is 2. The fourth-order valence-electron chi connectivity index (χ4n) is 3.04. The second-order valence-electron chi connectivity index (χ2n) is 6.25. The molecule has 1 aliphatic heterocycles. The molecular weight excluding hydrogens is 368 g/mol. The number of carbonyl (C=O) groups is 2. The fraction of sp³-hybridized carbons (Fsp3) is 0.200. The molecule has 7 heteroatoms. The van der Waals surface area contributed by atoms with Crippen LogP contribution in [0.2, 0.25) is 0 Å². The molecule has 0 fully saturated rings. The Morgan fingerprint density at radius 1 is 1.22 bits per heavy atom. The van der Waals surface area contributed by atoms with Crippen LogP contribution in [0.1, 0.15) is 40.4 Å². The minimum absolute atomic E-state index is 0.00563. The lowest BCUT2D eigenvalue weighted by Gasteiger charge is -2.22. The molecule has 0 saturated heterocycles. The Hall–Kier alpha value is -2.56. The van der Waals surface area contributed by atoms with Crippen molar-refractivity contribution < 1.29 is 23.6 Å². The summed E-state index contributed by atoms with van der Waals surface area (Å²) in [4.78, 5) is 33.7. The second-order valence-corrected chi connectivity index (χ2v) is 7.68. The van der Waals surface area contributed by atoms with Crippen molar-refractivity contribution >= 4 is 25.1 Å². The maximum atomic E-state index is 14.8. The van der Waals surface area contributed by atoms with E-state index in [1.54, 1.807) is 0 Å². The Morgan fingerprint density at radius 2 is 1.89 bits per heavy atom. The van der Waals surface area contributed by atoms with Gasteiger partial charge in [-0.15, -0.1) is 0 Å². The van der Waals surface area contributed by atoms with Crippen LogP contribution in [0.3, 0.4) is 0 Å². The van der Waals surface area contributed by atoms with Crippen LogP contribution in [0.5, 0.6) is 5.75 Å². The molecule has 0 aliphatic carbocycles. The van der Waals surface area contributed by atoms with Gasteiger partial charge in [0.05, 0.1) is 25.3 Å². The van der Waals surface area contributed by atoms with E-state index in [2.05, 4.69) is 6.92 Å². The first-order valence-corrected chi connectivity index (χ1v) is 9.87. The monoisotopic (exact) mass is 387 g/mol. The number of primary amides is 1. The number of rotatable bonds is 6. The third-order valence-corrected chi connectivity index (χ3v) is 5.67. The second kappa shape index (κ2) is 7.99. The van der Waals surface area contributed by atoms with Crippen LogP contribution in [-0.4, -0.2) is 16.6 Å². The topological polar surface area (TPSA) is 89.6 Å². The van der Waals surface area contributed by atoms with Crippen molar-refractivity contribution in [3.05, 3.63) is 70.5 Å². The highest BCUT2D eigenvalue weighted by atomic mass is 31.1. The number of halogens is 1. The lowest BCUT2D eigenvalue weighted by atomic mass is 9.98. The predicted molar refractivity (Wildman–Crippen MR) is 102 cm³/mol. The van der Waals surface area contributed by atoms with Gasteiger partial charge in [0.15, 0.2) is 0 Å². The molecule has 140 valence electrons. The maximum Gasteiger partial charge on any atom is 0.289 e. The summed E-state index contributed by atoms with van der Waals surface area (Å²) in [6, 6.07) is 8.77. The van der Waals surface area contributed by atoms with Gasteiger partial charge in [-0.05, 0) is 23.6 Å². The number of hydrogen-bond acceptors (Lipinski definition) is 4. The summed E-state index contributed by atoms with van der Waals surface area (Å²) in [6.45, 7) is 2.10. The highest BCUT2D eigenvalue weighted by Crippen LogP contribution is 2.42. The Kier molecular flexibility index (Phi) is 5.68. The molecule has 2 aromatic carbocycles. The molecule has 1 aliphatic rings. The zero-order chi connectivity index (χ0) is 19.6. The summed E-state index contributed by atoms with van der Waals surface area (Å²) in [6.07, 6.45) is 3.46. The molecule has 3 N–H and O–H groups in total. The fourth-order valence-corrected chi connectivity index (χ4v) is 4.20. The van der Waals surface area contributed by atoms with Crippen LogP contribution in [0, 0.1) is 5.82 Å². The molecule has 27 heavy (non-hydrogen) atoms. The van der Waals surface area contributed by atoms with Crippen molar-refractivity contribution in [1.82, 2.24) is 0 Å². The van der Waals surface area contributed by atoms with Gasteiger partial charge >= 0.3 is 0 Å². The number of hydrogen-bond donors (Lipinski definition) is 2. The number of aryl methyl sites for hydroxylation is 1. The van der Waals surface area contributed by atoms with E-state index in [1.165, 1.54) is 17.6 Å². The average molecular weight is 387 g/mol. The number of nitrogens with two attached hydrogens (primary N) is 1. The first-order chi connectivity index (χ1) is 12.9. The Balaban J connectivity index is 2.05. The Bertz CT molecular complexity index is 925. The van der Waals surface area contributed by atoms with Crippen LogP contribution in [0.4, 0.5) is 4.39 Å². The molecule has 0 spiro atoms. The number of benzene rings is 2. The van der Waals surface area contributed by atoms with E-state index < -0.39 is 25.7 Å². The van der Waals surface area contributed by atoms with Crippen molar-refractivity contribution in [2.45, 2.75) is 26.2 Å². The zero-order valence-corrected chi connectivity index (χ0v) is 15.6. The van der Waals surface area contributed by atoms with E-state index in [1.807, 2.05) is 24.3 Å². The molecule has 0 aromatic heterocycles. The van der Waals surface area contributed by atoms with Crippen molar-refractivity contribution in [1.29, 1.82) is 0 Å². The van der Waals surface area contributed by atoms with Gasteiger partial charge in [0.25, 0.3) is 11.7 Å². The number of Topliss-reactive ketones (excluding diaryl/α,β-unsaturated/α-hetero) is 1. The molecule has 1 heterocycles. The van der Waals surface area contributed by atoms with Gasteiger partial charge in [0.2, 0.25) is 0 Å². The smallest absolute Gasteiger partial charge is 0.289 e. The largest absolute Gasteiger partial charge is 0.463 e. The zero-order valence-electron chi connectivity index (χ0n) is 14.7. The van der Waals surface area contributed by atoms with Crippen LogP contribution in [0.15, 0.2) is 42.4 Å². The van der Waals surface area contributed by atoms with Crippen LogP contribution >= 0.6 is 8.15 Å². The summed E-state index contributed by atoms with van der Waals surface area (Å²) < 4.78 is 20.2. The average Bonchev–Trinajstić information content (AvgIpc) is 2.65. The van der Waals surface area contributed by atoms with Crippen molar-refractivity contribution in [2.24, 2.45) is 5.73 Å². The van der Waals surface area contributed by atoms with Gasteiger partial charge in [-0.2, -0.15) is 0 Å². The van der Waals surface area contributed by atoms with Gasteiger partial charge in [-0.25, -0.2) is 4.39 Å². The Labute approximate surface area is 157 Å². The van der Waals surface area contributed by atoms with Gasteiger partial charge in [-0.3, -0.25) is 9.59 Å². The van der Waals surface area contributed by atoms with E-state index in [4.69, 9.17) is 10.5 Å². The number of ether oxygens (including phenoxy) is 1. The van der Waals surface area contributed by atoms with E-state index in [0.717, 1.165) is 24.5 Å². The number of fused-ring (bicyclic) bond motifs is 1. The van der Waals surface area contributed by atoms with Crippen LogP contribution in [0.25, 0.3) is 0 Å². The molecule has 0 saturated carbocycles. The molecule has 3 rings (SSSR count). The molecular formula is C20H19FNO4P. The highest BCUT2D eigenvalue weighted by molar-refractivity contribution is 7.63. The molecule has 1 unspecified atom stereocenters. The standard InChI is InChI=1S/C20H19FNO4P/c1-2-3-12-4-6-13(7-5-12)10-14-16(21)11-15(17(23)20(22)24)18-19(14)27(25)9-8-26-18/h4-9,11,25H,2-3,10H2,1H3,(H2,22,24). The first-order valence-electron chi connectivity index (χ1n) is 8.51. The molecule has 5 nitrogen and oxygen atoms in total. The molecule has 1 amide bonds. The highest BCUT2D eigenvalue weighted by Gasteiger charge is 2.30. The molecule has 2 aromatic rings. The summed E-state index contributed by atoms with van der Waals surface area (Å²) >= 11 is 0. The van der Waals surface area contributed by atoms with E-state index >= 15 is 0 Å². The first kappa shape index (κ1) is 19.2. The van der Waals surface area contributed by atoms with Crippen LogP contribution in [-0.2, 0) is 17.6 Å². The lowest BCUT2D eigenvalue weighted by Crippen LogP contribution is -2.27. The molecule has 0 radical (unpaired) electrons. The lowest BCUT2D eigenvalue weighted by molar-refractivity contribution is -0.114. The minimum atomic E-state index is -1.86. The summed E-state index contributed by atoms with van der Waals surface area (Å²) in [7, 11) is -1.86. The number of ketones is 1. The SMILES string of the molecule is CCCc1ccc(Cc2c(F)cc(C(=O)C(N)=O)c3c2P(O)C=CO3)cc1. The van der Waals surface area contributed by atoms with Crippen molar-refractivity contribution in [3.63, 3.8) is 0 Å². The van der Waals surface area contributed by atoms with E-state index in [9.17, 15) is 18.9 Å². The van der Waals surface area contributed by atoms with Crippen LogP contribution < -0.4 is 15.8 Å². The normalized spacial score (nSPS) is 15.1. The minimum Gasteiger partial charge on any atom is -0.463 e. The molecule has 1 atom stereocenters. The van der Waals surface area contributed by atoms with E-state index in [0.29, 0.717) is 0 Å². The van der Waals surface area contributed by atoms with Gasteiger partial charge < -0.3 is 15.4 Å². The van der Waals surface area contributed by atoms with Crippen molar-refractivity contribution in [2.75, 3.05) is 0 Å². The Morgan fingerprint density at radius 3 is 2.52 bits per heavy atom. The van der Waals surface area contributed by atoms with E-state index in [-0.39, 0.29) is 28.6 Å². The third kappa shape index (κ3) is 3.92. The number of amides is 1. The van der Waals surface area contributed by atoms with Gasteiger partial charge in [0.1, 0.15) is 11.6 Å². The van der Waals surface area contributed by atoms with Gasteiger partial charge in [0, 0.05) is 17.8 Å². The van der Waals surface area contributed by atoms with Gasteiger partial charge in [-0.1, -0.05) is 37.6 Å². The summed E-state index contributed by atoms with van der Waals surface area (Å²) in [5.74, 6) is -1.55. The maximum absolute atomic E-state index is 14.8. The molecule has 0 bridgehead atoms.